The number of rotatable bonds is 4. The lowest BCUT2D eigenvalue weighted by molar-refractivity contribution is 0.498. The average molecular weight is 352 g/mol. The molecule has 0 saturated heterocycles. The molecule has 18 heavy (non-hydrogen) atoms. The maximum absolute atomic E-state index is 12.0. The van der Waals surface area contributed by atoms with Gasteiger partial charge in [0.2, 0.25) is 10.0 Å². The molecule has 0 aromatic carbocycles. The van der Waals surface area contributed by atoms with E-state index in [1.54, 1.807) is 12.1 Å². The first-order valence-electron chi connectivity index (χ1n) is 4.82. The molecule has 96 valence electrons. The molecule has 0 aliphatic carbocycles. The lowest BCUT2D eigenvalue weighted by Gasteiger charge is -2.06. The molecule has 0 bridgehead atoms. The SMILES string of the molecule is O=S(=O)(NCc1ccco1)c1cc(Br)cnc1Cl. The predicted molar refractivity (Wildman–Crippen MR) is 69.7 cm³/mol. The molecule has 2 aromatic rings. The van der Waals surface area contributed by atoms with Crippen LogP contribution in [0.25, 0.3) is 0 Å². The van der Waals surface area contributed by atoms with Gasteiger partial charge < -0.3 is 4.42 Å². The zero-order chi connectivity index (χ0) is 13.2. The Balaban J connectivity index is 2.22. The van der Waals surface area contributed by atoms with Crippen molar-refractivity contribution in [2.75, 3.05) is 0 Å². The monoisotopic (exact) mass is 350 g/mol. The summed E-state index contributed by atoms with van der Waals surface area (Å²) in [4.78, 5) is 3.69. The Kier molecular flexibility index (Phi) is 4.06. The minimum Gasteiger partial charge on any atom is -0.468 e. The van der Waals surface area contributed by atoms with Crippen LogP contribution in [0.1, 0.15) is 5.76 Å². The van der Waals surface area contributed by atoms with Gasteiger partial charge in [-0.25, -0.2) is 18.1 Å². The van der Waals surface area contributed by atoms with E-state index in [1.807, 2.05) is 0 Å². The lowest BCUT2D eigenvalue weighted by atomic mass is 10.5. The Morgan fingerprint density at radius 2 is 2.28 bits per heavy atom. The van der Waals surface area contributed by atoms with E-state index >= 15 is 0 Å². The fraction of sp³-hybridized carbons (Fsp3) is 0.100. The van der Waals surface area contributed by atoms with E-state index in [1.165, 1.54) is 18.5 Å². The molecule has 0 aliphatic heterocycles. The van der Waals surface area contributed by atoms with E-state index in [0.717, 1.165) is 0 Å². The zero-order valence-corrected chi connectivity index (χ0v) is 12.1. The van der Waals surface area contributed by atoms with Crippen molar-refractivity contribution in [1.82, 2.24) is 9.71 Å². The molecular formula is C10H8BrClN2O3S. The van der Waals surface area contributed by atoms with Crippen LogP contribution in [0.15, 0.2) is 44.4 Å². The highest BCUT2D eigenvalue weighted by Gasteiger charge is 2.19. The van der Waals surface area contributed by atoms with Gasteiger partial charge in [0.1, 0.15) is 15.8 Å². The first-order valence-corrected chi connectivity index (χ1v) is 7.47. The van der Waals surface area contributed by atoms with E-state index in [-0.39, 0.29) is 16.6 Å². The van der Waals surface area contributed by atoms with Crippen molar-refractivity contribution in [1.29, 1.82) is 0 Å². The normalized spacial score (nSPS) is 11.7. The Bertz CT molecular complexity index is 643. The summed E-state index contributed by atoms with van der Waals surface area (Å²) in [5.41, 5.74) is 0. The third-order valence-corrected chi connectivity index (χ3v) is 4.34. The quantitative estimate of drug-likeness (QED) is 0.859. The van der Waals surface area contributed by atoms with Crippen molar-refractivity contribution in [2.45, 2.75) is 11.4 Å². The molecule has 0 radical (unpaired) electrons. The number of hydrogen-bond acceptors (Lipinski definition) is 4. The summed E-state index contributed by atoms with van der Waals surface area (Å²) in [5.74, 6) is 0.512. The van der Waals surface area contributed by atoms with Crippen LogP contribution in [0.2, 0.25) is 5.15 Å². The summed E-state index contributed by atoms with van der Waals surface area (Å²) in [5, 5.41) is -0.0786. The minimum atomic E-state index is -3.72. The van der Waals surface area contributed by atoms with Crippen LogP contribution in [-0.2, 0) is 16.6 Å². The number of nitrogens with one attached hydrogen (secondary N) is 1. The molecule has 2 rings (SSSR count). The van der Waals surface area contributed by atoms with Crippen molar-refractivity contribution in [3.05, 3.63) is 46.0 Å². The van der Waals surface area contributed by atoms with Crippen LogP contribution in [0, 0.1) is 0 Å². The molecule has 0 aliphatic rings. The number of sulfonamides is 1. The molecule has 1 N–H and O–H groups in total. The van der Waals surface area contributed by atoms with E-state index in [2.05, 4.69) is 25.6 Å². The molecule has 0 fully saturated rings. The average Bonchev–Trinajstić information content (AvgIpc) is 2.83. The van der Waals surface area contributed by atoms with Gasteiger partial charge in [0.25, 0.3) is 0 Å². The maximum atomic E-state index is 12.0. The molecule has 0 atom stereocenters. The van der Waals surface area contributed by atoms with Gasteiger partial charge in [0.15, 0.2) is 0 Å². The van der Waals surface area contributed by atoms with Gasteiger partial charge in [0.05, 0.1) is 12.8 Å². The van der Waals surface area contributed by atoms with Gasteiger partial charge in [-0.2, -0.15) is 0 Å². The second kappa shape index (κ2) is 5.40. The third-order valence-electron chi connectivity index (χ3n) is 2.08. The molecule has 0 amide bonds. The summed E-state index contributed by atoms with van der Waals surface area (Å²) in [6.45, 7) is 0.0537. The van der Waals surface area contributed by atoms with Crippen LogP contribution in [0.3, 0.4) is 0 Å². The second-order valence-corrected chi connectivity index (χ2v) is 6.36. The van der Waals surface area contributed by atoms with Crippen molar-refractivity contribution >= 4 is 37.6 Å². The largest absolute Gasteiger partial charge is 0.468 e. The van der Waals surface area contributed by atoms with Crippen LogP contribution < -0.4 is 4.72 Å². The molecule has 0 saturated carbocycles. The Hall–Kier alpha value is -0.890. The molecule has 0 spiro atoms. The number of halogens is 2. The van der Waals surface area contributed by atoms with Gasteiger partial charge in [0, 0.05) is 10.7 Å². The van der Waals surface area contributed by atoms with Gasteiger partial charge in [-0.15, -0.1) is 0 Å². The maximum Gasteiger partial charge on any atom is 0.244 e. The van der Waals surface area contributed by atoms with Crippen LogP contribution in [0.5, 0.6) is 0 Å². The number of furan rings is 1. The number of nitrogens with zero attached hydrogens (tertiary/aromatic N) is 1. The molecule has 8 heteroatoms. The Labute approximate surface area is 117 Å². The van der Waals surface area contributed by atoms with Crippen LogP contribution in [-0.4, -0.2) is 13.4 Å². The van der Waals surface area contributed by atoms with Crippen molar-refractivity contribution in [3.8, 4) is 0 Å². The van der Waals surface area contributed by atoms with Gasteiger partial charge in [-0.1, -0.05) is 11.6 Å². The topological polar surface area (TPSA) is 72.2 Å². The van der Waals surface area contributed by atoms with Crippen molar-refractivity contribution in [2.24, 2.45) is 0 Å². The zero-order valence-electron chi connectivity index (χ0n) is 8.93. The van der Waals surface area contributed by atoms with Crippen LogP contribution in [0.4, 0.5) is 0 Å². The summed E-state index contributed by atoms with van der Waals surface area (Å²) < 4.78 is 32.0. The van der Waals surface area contributed by atoms with Gasteiger partial charge in [-0.3, -0.25) is 0 Å². The highest BCUT2D eigenvalue weighted by atomic mass is 79.9. The fourth-order valence-corrected chi connectivity index (χ4v) is 3.18. The highest BCUT2D eigenvalue weighted by Crippen LogP contribution is 2.22. The molecule has 5 nitrogen and oxygen atoms in total. The van der Waals surface area contributed by atoms with E-state index in [4.69, 9.17) is 16.0 Å². The smallest absolute Gasteiger partial charge is 0.244 e. The Morgan fingerprint density at radius 3 is 2.94 bits per heavy atom. The summed E-state index contributed by atoms with van der Waals surface area (Å²) in [7, 11) is -3.72. The van der Waals surface area contributed by atoms with E-state index in [9.17, 15) is 8.42 Å². The Morgan fingerprint density at radius 1 is 1.50 bits per heavy atom. The predicted octanol–water partition coefficient (Wildman–Crippen LogP) is 2.57. The first-order chi connectivity index (χ1) is 8.49. The number of hydrogen-bond donors (Lipinski definition) is 1. The minimum absolute atomic E-state index is 0.0537. The summed E-state index contributed by atoms with van der Waals surface area (Å²) in [6.07, 6.45) is 2.89. The number of aromatic nitrogens is 1. The second-order valence-electron chi connectivity index (χ2n) is 3.35. The van der Waals surface area contributed by atoms with E-state index < -0.39 is 10.0 Å². The van der Waals surface area contributed by atoms with Crippen molar-refractivity contribution in [3.63, 3.8) is 0 Å². The van der Waals surface area contributed by atoms with Gasteiger partial charge in [-0.05, 0) is 34.1 Å². The first kappa shape index (κ1) is 13.5. The summed E-state index contributed by atoms with van der Waals surface area (Å²) >= 11 is 8.91. The van der Waals surface area contributed by atoms with Gasteiger partial charge >= 0.3 is 0 Å². The highest BCUT2D eigenvalue weighted by molar-refractivity contribution is 9.10. The third kappa shape index (κ3) is 3.11. The lowest BCUT2D eigenvalue weighted by Crippen LogP contribution is -2.23. The molecular weight excluding hydrogens is 344 g/mol. The number of pyridine rings is 1. The molecule has 2 aromatic heterocycles. The standard InChI is InChI=1S/C10H8BrClN2O3S/c11-7-4-9(10(12)13-5-7)18(15,16)14-6-8-2-1-3-17-8/h1-5,14H,6H2. The molecule has 0 unspecified atom stereocenters. The molecule has 2 heterocycles. The fourth-order valence-electron chi connectivity index (χ4n) is 1.25. The van der Waals surface area contributed by atoms with Crippen molar-refractivity contribution < 1.29 is 12.8 Å². The van der Waals surface area contributed by atoms with E-state index in [0.29, 0.717) is 10.2 Å². The summed E-state index contributed by atoms with van der Waals surface area (Å²) in [6, 6.07) is 4.74. The van der Waals surface area contributed by atoms with Crippen LogP contribution >= 0.6 is 27.5 Å².